The van der Waals surface area contributed by atoms with E-state index < -0.39 is 0 Å². The quantitative estimate of drug-likeness (QED) is 0.897. The Hall–Kier alpha value is -1.74. The van der Waals surface area contributed by atoms with Gasteiger partial charge in [0.05, 0.1) is 0 Å². The fraction of sp³-hybridized carbons (Fsp3) is 0.353. The van der Waals surface area contributed by atoms with Crippen molar-refractivity contribution in [3.05, 3.63) is 64.7 Å². The summed E-state index contributed by atoms with van der Waals surface area (Å²) in [6.07, 6.45) is 2.63. The molecule has 106 valence electrons. The number of rotatable bonds is 5. The summed E-state index contributed by atoms with van der Waals surface area (Å²) in [4.78, 5) is 4.46. The highest BCUT2D eigenvalue weighted by atomic mass is 19.1. The van der Waals surface area contributed by atoms with Gasteiger partial charge >= 0.3 is 0 Å². The number of aryl methyl sites for hydroxylation is 2. The Labute approximate surface area is 120 Å². The molecule has 1 heterocycles. The number of hydrogen-bond donors (Lipinski definition) is 1. The third kappa shape index (κ3) is 3.42. The van der Waals surface area contributed by atoms with Gasteiger partial charge in [0.2, 0.25) is 0 Å². The first kappa shape index (κ1) is 14.7. The average molecular weight is 272 g/mol. The number of nitrogens with one attached hydrogen (secondary N) is 1. The lowest BCUT2D eigenvalue weighted by Crippen LogP contribution is -2.24. The molecule has 2 rings (SSSR count). The van der Waals surface area contributed by atoms with Crippen LogP contribution in [0.1, 0.15) is 35.3 Å². The van der Waals surface area contributed by atoms with E-state index in [2.05, 4.69) is 30.2 Å². The topological polar surface area (TPSA) is 24.9 Å². The van der Waals surface area contributed by atoms with Crippen molar-refractivity contribution in [3.8, 4) is 0 Å². The van der Waals surface area contributed by atoms with Crippen LogP contribution < -0.4 is 5.32 Å². The summed E-state index contributed by atoms with van der Waals surface area (Å²) in [7, 11) is 0. The second-order valence-corrected chi connectivity index (χ2v) is 5.08. The van der Waals surface area contributed by atoms with Crippen LogP contribution in [0.3, 0.4) is 0 Å². The number of aromatic nitrogens is 1. The molecule has 2 nitrogen and oxygen atoms in total. The molecule has 1 unspecified atom stereocenters. The summed E-state index contributed by atoms with van der Waals surface area (Å²) in [5, 5.41) is 3.47. The van der Waals surface area contributed by atoms with Gasteiger partial charge in [-0.15, -0.1) is 0 Å². The van der Waals surface area contributed by atoms with E-state index in [9.17, 15) is 4.39 Å². The van der Waals surface area contributed by atoms with Gasteiger partial charge in [0.15, 0.2) is 0 Å². The van der Waals surface area contributed by atoms with E-state index >= 15 is 0 Å². The fourth-order valence-electron chi connectivity index (χ4n) is 2.49. The molecule has 0 aliphatic carbocycles. The van der Waals surface area contributed by atoms with Crippen LogP contribution in [0.5, 0.6) is 0 Å². The van der Waals surface area contributed by atoms with Crippen LogP contribution in [0.2, 0.25) is 0 Å². The van der Waals surface area contributed by atoms with Crippen LogP contribution in [0, 0.1) is 19.7 Å². The molecule has 1 N–H and O–H groups in total. The van der Waals surface area contributed by atoms with E-state index in [1.165, 1.54) is 11.6 Å². The zero-order valence-electron chi connectivity index (χ0n) is 12.3. The molecule has 0 saturated heterocycles. The highest BCUT2D eigenvalue weighted by Gasteiger charge is 2.15. The largest absolute Gasteiger partial charge is 0.310 e. The van der Waals surface area contributed by atoms with Crippen molar-refractivity contribution in [3.63, 3.8) is 0 Å². The Morgan fingerprint density at radius 1 is 1.20 bits per heavy atom. The van der Waals surface area contributed by atoms with Gasteiger partial charge in [-0.2, -0.15) is 0 Å². The molecule has 0 amide bonds. The summed E-state index contributed by atoms with van der Waals surface area (Å²) in [5.41, 5.74) is 4.39. The molecule has 0 aliphatic rings. The molecule has 0 bridgehead atoms. The second kappa shape index (κ2) is 6.62. The first-order valence-corrected chi connectivity index (χ1v) is 7.01. The minimum Gasteiger partial charge on any atom is -0.310 e. The van der Waals surface area contributed by atoms with Crippen molar-refractivity contribution in [2.24, 2.45) is 0 Å². The molecule has 1 atom stereocenters. The molecule has 0 aliphatic heterocycles. The van der Waals surface area contributed by atoms with Gasteiger partial charge in [0.25, 0.3) is 0 Å². The summed E-state index contributed by atoms with van der Waals surface area (Å²) < 4.78 is 13.3. The highest BCUT2D eigenvalue weighted by molar-refractivity contribution is 5.31. The van der Waals surface area contributed by atoms with E-state index in [1.54, 1.807) is 6.07 Å². The Bertz CT molecular complexity index is 581. The van der Waals surface area contributed by atoms with Crippen molar-refractivity contribution in [2.45, 2.75) is 33.2 Å². The van der Waals surface area contributed by atoms with Crippen molar-refractivity contribution in [1.29, 1.82) is 0 Å². The van der Waals surface area contributed by atoms with Gasteiger partial charge < -0.3 is 5.32 Å². The monoisotopic (exact) mass is 272 g/mol. The molecule has 3 heteroatoms. The molecule has 0 spiro atoms. The molecule has 20 heavy (non-hydrogen) atoms. The molecule has 2 aromatic rings. The lowest BCUT2D eigenvalue weighted by molar-refractivity contribution is 0.538. The molecule has 1 aromatic heterocycles. The predicted molar refractivity (Wildman–Crippen MR) is 80.2 cm³/mol. The number of halogens is 1. The summed E-state index contributed by atoms with van der Waals surface area (Å²) >= 11 is 0. The summed E-state index contributed by atoms with van der Waals surface area (Å²) in [6.45, 7) is 6.97. The number of hydrogen-bond acceptors (Lipinski definition) is 2. The summed E-state index contributed by atoms with van der Waals surface area (Å²) in [5.74, 6) is -0.185. The number of nitrogens with zero attached hydrogens (tertiary/aromatic N) is 1. The van der Waals surface area contributed by atoms with Gasteiger partial charge in [-0.05, 0) is 55.3 Å². The van der Waals surface area contributed by atoms with E-state index in [1.807, 2.05) is 25.3 Å². The van der Waals surface area contributed by atoms with Crippen LogP contribution in [-0.4, -0.2) is 11.5 Å². The highest BCUT2D eigenvalue weighted by Crippen LogP contribution is 2.23. The minimum atomic E-state index is -0.185. The molecule has 1 aromatic carbocycles. The van der Waals surface area contributed by atoms with Gasteiger partial charge in [0.1, 0.15) is 5.82 Å². The van der Waals surface area contributed by atoms with Crippen LogP contribution in [-0.2, 0) is 6.42 Å². The molecule has 0 fully saturated rings. The Balaban J connectivity index is 2.29. The van der Waals surface area contributed by atoms with E-state index in [4.69, 9.17) is 0 Å². The fourth-order valence-corrected chi connectivity index (χ4v) is 2.49. The van der Waals surface area contributed by atoms with Crippen molar-refractivity contribution in [2.75, 3.05) is 6.54 Å². The lowest BCUT2D eigenvalue weighted by atomic mass is 9.96. The maximum atomic E-state index is 13.3. The van der Waals surface area contributed by atoms with Gasteiger partial charge in [-0.1, -0.05) is 19.1 Å². The lowest BCUT2D eigenvalue weighted by Gasteiger charge is -2.21. The zero-order chi connectivity index (χ0) is 14.5. The Morgan fingerprint density at radius 3 is 2.65 bits per heavy atom. The van der Waals surface area contributed by atoms with Gasteiger partial charge in [-0.25, -0.2) is 4.39 Å². The number of likely N-dealkylation sites (N-methyl/N-ethyl adjacent to an activating group) is 1. The zero-order valence-corrected chi connectivity index (χ0v) is 12.3. The smallest absolute Gasteiger partial charge is 0.123 e. The third-order valence-electron chi connectivity index (χ3n) is 3.57. The first-order valence-electron chi connectivity index (χ1n) is 7.01. The Morgan fingerprint density at radius 2 is 2.00 bits per heavy atom. The van der Waals surface area contributed by atoms with Crippen molar-refractivity contribution in [1.82, 2.24) is 10.3 Å². The maximum Gasteiger partial charge on any atom is 0.123 e. The molecular weight excluding hydrogens is 251 g/mol. The number of benzene rings is 1. The summed E-state index contributed by atoms with van der Waals surface area (Å²) in [6, 6.07) is 9.17. The average Bonchev–Trinajstić information content (AvgIpc) is 2.41. The third-order valence-corrected chi connectivity index (χ3v) is 3.57. The van der Waals surface area contributed by atoms with E-state index in [0.29, 0.717) is 0 Å². The van der Waals surface area contributed by atoms with Crippen LogP contribution in [0.15, 0.2) is 36.5 Å². The van der Waals surface area contributed by atoms with Gasteiger partial charge in [0, 0.05) is 24.4 Å². The van der Waals surface area contributed by atoms with Crippen molar-refractivity contribution < 1.29 is 4.39 Å². The predicted octanol–water partition coefficient (Wildman–Crippen LogP) is 3.73. The normalized spacial score (nSPS) is 12.4. The second-order valence-electron chi connectivity index (χ2n) is 5.08. The molecule has 0 saturated carbocycles. The molecular formula is C17H21FN2. The number of pyridine rings is 1. The maximum absolute atomic E-state index is 13.3. The van der Waals surface area contributed by atoms with Crippen LogP contribution >= 0.6 is 0 Å². The van der Waals surface area contributed by atoms with E-state index in [-0.39, 0.29) is 11.9 Å². The van der Waals surface area contributed by atoms with Crippen molar-refractivity contribution >= 4 is 0 Å². The van der Waals surface area contributed by atoms with Crippen LogP contribution in [0.4, 0.5) is 4.39 Å². The Kier molecular flexibility index (Phi) is 4.85. The molecule has 0 radical (unpaired) electrons. The van der Waals surface area contributed by atoms with Gasteiger partial charge in [-0.3, -0.25) is 4.98 Å². The van der Waals surface area contributed by atoms with Crippen LogP contribution in [0.25, 0.3) is 0 Å². The van der Waals surface area contributed by atoms with E-state index in [0.717, 1.165) is 29.8 Å². The SMILES string of the molecule is CCNC(Cc1ncccc1C)c1ccc(F)cc1C. The minimum absolute atomic E-state index is 0.161. The first-order chi connectivity index (χ1) is 9.61. The standard InChI is InChI=1S/C17H21FN2/c1-4-19-17(11-16-12(2)6-5-9-20-16)15-8-7-14(18)10-13(15)3/h5-10,17,19H,4,11H2,1-3H3.